The fourth-order valence-corrected chi connectivity index (χ4v) is 3.06. The molecule has 2 unspecified atom stereocenters. The molecule has 0 amide bonds. The summed E-state index contributed by atoms with van der Waals surface area (Å²) in [4.78, 5) is 6.53. The summed E-state index contributed by atoms with van der Waals surface area (Å²) in [5.74, 6) is 0.724. The van der Waals surface area contributed by atoms with E-state index in [0.29, 0.717) is 0 Å². The van der Waals surface area contributed by atoms with Crippen molar-refractivity contribution in [3.05, 3.63) is 30.1 Å². The Morgan fingerprint density at radius 2 is 2.00 bits per heavy atom. The van der Waals surface area contributed by atoms with E-state index in [2.05, 4.69) is 36.0 Å². The Morgan fingerprint density at radius 3 is 2.60 bits per heavy atom. The van der Waals surface area contributed by atoms with Crippen LogP contribution in [-0.2, 0) is 4.74 Å². The minimum Gasteiger partial charge on any atom is -0.381 e. The smallest absolute Gasteiger partial charge is 0.0497 e. The van der Waals surface area contributed by atoms with E-state index in [-0.39, 0.29) is 12.1 Å². The Balaban J connectivity index is 2.05. The first-order valence-electron chi connectivity index (χ1n) is 7.65. The van der Waals surface area contributed by atoms with E-state index in [1.54, 1.807) is 0 Å². The molecule has 2 rings (SSSR count). The second-order valence-corrected chi connectivity index (χ2v) is 5.79. The van der Waals surface area contributed by atoms with E-state index in [4.69, 9.17) is 10.5 Å². The Labute approximate surface area is 122 Å². The molecule has 112 valence electrons. The van der Waals surface area contributed by atoms with Gasteiger partial charge in [-0.3, -0.25) is 9.88 Å². The Morgan fingerprint density at radius 1 is 1.35 bits per heavy atom. The lowest BCUT2D eigenvalue weighted by Gasteiger charge is -2.36. The molecule has 1 fully saturated rings. The van der Waals surface area contributed by atoms with Crippen molar-refractivity contribution in [1.82, 2.24) is 9.88 Å². The summed E-state index contributed by atoms with van der Waals surface area (Å²) in [6.07, 6.45) is 7.01. The zero-order chi connectivity index (χ0) is 14.4. The van der Waals surface area contributed by atoms with Gasteiger partial charge in [-0.1, -0.05) is 6.92 Å². The SMILES string of the molecule is CCC(N)C(c1ccncc1)N(C)CC1CCOCC1. The number of ether oxygens (including phenoxy) is 1. The van der Waals surface area contributed by atoms with E-state index in [1.165, 1.54) is 5.56 Å². The Bertz CT molecular complexity index is 379. The lowest BCUT2D eigenvalue weighted by atomic mass is 9.94. The van der Waals surface area contributed by atoms with Gasteiger partial charge >= 0.3 is 0 Å². The van der Waals surface area contributed by atoms with Crippen LogP contribution in [0.1, 0.15) is 37.8 Å². The van der Waals surface area contributed by atoms with Crippen molar-refractivity contribution in [2.45, 2.75) is 38.3 Å². The van der Waals surface area contributed by atoms with Crippen LogP contribution in [0.25, 0.3) is 0 Å². The first-order valence-corrected chi connectivity index (χ1v) is 7.65. The molecule has 2 heterocycles. The molecule has 2 N–H and O–H groups in total. The van der Waals surface area contributed by atoms with Crippen LogP contribution in [-0.4, -0.2) is 42.7 Å². The van der Waals surface area contributed by atoms with E-state index < -0.39 is 0 Å². The number of pyridine rings is 1. The van der Waals surface area contributed by atoms with E-state index in [1.807, 2.05) is 12.4 Å². The lowest BCUT2D eigenvalue weighted by molar-refractivity contribution is 0.0481. The molecule has 0 aromatic carbocycles. The van der Waals surface area contributed by atoms with Crippen LogP contribution in [0.3, 0.4) is 0 Å². The molecule has 1 saturated heterocycles. The number of nitrogens with two attached hydrogens (primary N) is 1. The Kier molecular flexibility index (Phi) is 5.95. The molecule has 0 radical (unpaired) electrons. The molecular formula is C16H27N3O. The van der Waals surface area contributed by atoms with Crippen LogP contribution in [0.15, 0.2) is 24.5 Å². The first kappa shape index (κ1) is 15.4. The van der Waals surface area contributed by atoms with Gasteiger partial charge in [-0.15, -0.1) is 0 Å². The van der Waals surface area contributed by atoms with Crippen LogP contribution in [0, 0.1) is 5.92 Å². The number of nitrogens with zero attached hydrogens (tertiary/aromatic N) is 2. The zero-order valence-electron chi connectivity index (χ0n) is 12.7. The second-order valence-electron chi connectivity index (χ2n) is 5.79. The summed E-state index contributed by atoms with van der Waals surface area (Å²) in [6, 6.07) is 4.59. The minimum absolute atomic E-state index is 0.155. The van der Waals surface area contributed by atoms with Crippen molar-refractivity contribution in [3.63, 3.8) is 0 Å². The molecule has 1 aromatic rings. The maximum Gasteiger partial charge on any atom is 0.0497 e. The van der Waals surface area contributed by atoms with Crippen molar-refractivity contribution in [2.75, 3.05) is 26.8 Å². The summed E-state index contributed by atoms with van der Waals surface area (Å²) >= 11 is 0. The van der Waals surface area contributed by atoms with Crippen LogP contribution in [0.4, 0.5) is 0 Å². The monoisotopic (exact) mass is 277 g/mol. The standard InChI is InChI=1S/C16H27N3O/c1-3-15(17)16(14-4-8-18-9-5-14)19(2)12-13-6-10-20-11-7-13/h4-5,8-9,13,15-16H,3,6-7,10-12,17H2,1-2H3. The highest BCUT2D eigenvalue weighted by Gasteiger charge is 2.25. The molecular weight excluding hydrogens is 250 g/mol. The van der Waals surface area contributed by atoms with Gasteiger partial charge in [0.15, 0.2) is 0 Å². The zero-order valence-corrected chi connectivity index (χ0v) is 12.7. The van der Waals surface area contributed by atoms with Gasteiger partial charge in [0.05, 0.1) is 0 Å². The number of aromatic nitrogens is 1. The number of rotatable bonds is 6. The molecule has 0 bridgehead atoms. The summed E-state index contributed by atoms with van der Waals surface area (Å²) in [5.41, 5.74) is 7.64. The Hall–Kier alpha value is -0.970. The third-order valence-corrected chi connectivity index (χ3v) is 4.29. The van der Waals surface area contributed by atoms with Gasteiger partial charge in [0.1, 0.15) is 0 Å². The minimum atomic E-state index is 0.155. The summed E-state index contributed by atoms with van der Waals surface area (Å²) < 4.78 is 5.44. The average molecular weight is 277 g/mol. The largest absolute Gasteiger partial charge is 0.381 e. The van der Waals surface area contributed by atoms with Crippen molar-refractivity contribution < 1.29 is 4.74 Å². The fraction of sp³-hybridized carbons (Fsp3) is 0.688. The fourth-order valence-electron chi connectivity index (χ4n) is 3.06. The lowest BCUT2D eigenvalue weighted by Crippen LogP contribution is -2.41. The highest BCUT2D eigenvalue weighted by molar-refractivity contribution is 5.17. The number of hydrogen-bond donors (Lipinski definition) is 1. The first-order chi connectivity index (χ1) is 9.72. The van der Waals surface area contributed by atoms with Gasteiger partial charge in [-0.05, 0) is 49.9 Å². The van der Waals surface area contributed by atoms with E-state index in [0.717, 1.165) is 44.9 Å². The molecule has 4 heteroatoms. The molecule has 2 atom stereocenters. The van der Waals surface area contributed by atoms with Gasteiger partial charge in [-0.25, -0.2) is 0 Å². The molecule has 0 spiro atoms. The molecule has 0 aliphatic carbocycles. The summed E-state index contributed by atoms with van der Waals surface area (Å²) in [5, 5.41) is 0. The van der Waals surface area contributed by atoms with Crippen LogP contribution < -0.4 is 5.73 Å². The molecule has 1 aromatic heterocycles. The second kappa shape index (κ2) is 7.72. The van der Waals surface area contributed by atoms with Gasteiger partial charge in [0, 0.05) is 44.2 Å². The summed E-state index contributed by atoms with van der Waals surface area (Å²) in [7, 11) is 2.19. The normalized spacial score (nSPS) is 20.0. The van der Waals surface area contributed by atoms with Crippen molar-refractivity contribution >= 4 is 0 Å². The molecule has 1 aliphatic rings. The highest BCUT2D eigenvalue weighted by atomic mass is 16.5. The predicted octanol–water partition coefficient (Wildman–Crippen LogP) is 2.22. The topological polar surface area (TPSA) is 51.4 Å². The van der Waals surface area contributed by atoms with Gasteiger partial charge < -0.3 is 10.5 Å². The van der Waals surface area contributed by atoms with Gasteiger partial charge in [0.2, 0.25) is 0 Å². The van der Waals surface area contributed by atoms with Gasteiger partial charge in [0.25, 0.3) is 0 Å². The van der Waals surface area contributed by atoms with Crippen molar-refractivity contribution in [1.29, 1.82) is 0 Å². The van der Waals surface area contributed by atoms with Crippen LogP contribution in [0.2, 0.25) is 0 Å². The number of hydrogen-bond acceptors (Lipinski definition) is 4. The van der Waals surface area contributed by atoms with Gasteiger partial charge in [-0.2, -0.15) is 0 Å². The van der Waals surface area contributed by atoms with Crippen LogP contribution >= 0.6 is 0 Å². The predicted molar refractivity (Wildman–Crippen MR) is 81.4 cm³/mol. The third kappa shape index (κ3) is 4.01. The molecule has 1 aliphatic heterocycles. The average Bonchev–Trinajstić information content (AvgIpc) is 2.49. The molecule has 0 saturated carbocycles. The van der Waals surface area contributed by atoms with E-state index >= 15 is 0 Å². The quantitative estimate of drug-likeness (QED) is 0.866. The molecule has 20 heavy (non-hydrogen) atoms. The highest BCUT2D eigenvalue weighted by Crippen LogP contribution is 2.26. The number of likely N-dealkylation sites (N-methyl/N-ethyl adjacent to an activating group) is 1. The molecule has 4 nitrogen and oxygen atoms in total. The summed E-state index contributed by atoms with van der Waals surface area (Å²) in [6.45, 7) is 5.04. The van der Waals surface area contributed by atoms with Crippen LogP contribution in [0.5, 0.6) is 0 Å². The maximum atomic E-state index is 6.37. The van der Waals surface area contributed by atoms with E-state index in [9.17, 15) is 0 Å². The van der Waals surface area contributed by atoms with Crippen molar-refractivity contribution in [2.24, 2.45) is 11.7 Å². The third-order valence-electron chi connectivity index (χ3n) is 4.29. The van der Waals surface area contributed by atoms with Crippen molar-refractivity contribution in [3.8, 4) is 0 Å². The maximum absolute atomic E-state index is 6.37.